The summed E-state index contributed by atoms with van der Waals surface area (Å²) in [6.07, 6.45) is -3.01. The van der Waals surface area contributed by atoms with E-state index in [1.165, 1.54) is 13.2 Å². The van der Waals surface area contributed by atoms with E-state index in [4.69, 9.17) is 9.47 Å². The van der Waals surface area contributed by atoms with Crippen molar-refractivity contribution in [1.29, 1.82) is 0 Å². The Hall–Kier alpha value is -1.24. The van der Waals surface area contributed by atoms with Gasteiger partial charge in [-0.05, 0) is 28.9 Å². The van der Waals surface area contributed by atoms with Crippen molar-refractivity contribution in [2.75, 3.05) is 13.7 Å². The van der Waals surface area contributed by atoms with E-state index in [0.717, 1.165) is 0 Å². The van der Waals surface area contributed by atoms with Crippen LogP contribution in [0.4, 0.5) is 8.78 Å². The third-order valence-corrected chi connectivity index (χ3v) is 2.55. The minimum atomic E-state index is -2.72. The third kappa shape index (κ3) is 3.63. The van der Waals surface area contributed by atoms with E-state index in [1.807, 2.05) is 0 Å². The average molecular weight is 324 g/mol. The first-order valence-corrected chi connectivity index (χ1v) is 5.96. The molecule has 0 spiro atoms. The number of aromatic nitrogens is 1. The van der Waals surface area contributed by atoms with Gasteiger partial charge in [-0.15, -0.1) is 0 Å². The second-order valence-corrected chi connectivity index (χ2v) is 4.12. The number of rotatable bonds is 5. The zero-order chi connectivity index (χ0) is 13.7. The molecule has 1 aromatic heterocycles. The van der Waals surface area contributed by atoms with Crippen molar-refractivity contribution in [2.45, 2.75) is 19.8 Å². The highest BCUT2D eigenvalue weighted by molar-refractivity contribution is 9.10. The highest BCUT2D eigenvalue weighted by atomic mass is 79.9. The lowest BCUT2D eigenvalue weighted by Gasteiger charge is -2.12. The molecule has 4 nitrogen and oxygen atoms in total. The Bertz CT molecular complexity index is 441. The van der Waals surface area contributed by atoms with Crippen LogP contribution in [0.15, 0.2) is 10.7 Å². The van der Waals surface area contributed by atoms with Crippen molar-refractivity contribution in [1.82, 2.24) is 4.98 Å². The normalized spacial score (nSPS) is 10.6. The fourth-order valence-corrected chi connectivity index (χ4v) is 1.84. The standard InChI is InChI=1S/C11H12BrF2NO3/c1-3-18-9(16)5-7-6(10(13)14)4-8(12)15-11(7)17-2/h4,10H,3,5H2,1-2H3. The molecular formula is C11H12BrF2NO3. The SMILES string of the molecule is CCOC(=O)Cc1c(C(F)F)cc(Br)nc1OC. The van der Waals surface area contributed by atoms with Gasteiger partial charge in [0.15, 0.2) is 0 Å². The molecule has 0 aromatic carbocycles. The summed E-state index contributed by atoms with van der Waals surface area (Å²) in [6, 6.07) is 1.17. The monoisotopic (exact) mass is 323 g/mol. The Morgan fingerprint density at radius 3 is 2.72 bits per heavy atom. The first-order valence-electron chi connectivity index (χ1n) is 5.16. The van der Waals surface area contributed by atoms with Gasteiger partial charge in [0, 0.05) is 11.1 Å². The van der Waals surface area contributed by atoms with E-state index in [-0.39, 0.29) is 34.6 Å². The maximum atomic E-state index is 12.9. The number of alkyl halides is 2. The van der Waals surface area contributed by atoms with Crippen LogP contribution in [0, 0.1) is 0 Å². The fraction of sp³-hybridized carbons (Fsp3) is 0.455. The second kappa shape index (κ2) is 6.63. The number of nitrogens with zero attached hydrogens (tertiary/aromatic N) is 1. The van der Waals surface area contributed by atoms with Crippen LogP contribution in [0.1, 0.15) is 24.5 Å². The molecule has 0 aliphatic carbocycles. The molecule has 0 saturated carbocycles. The zero-order valence-electron chi connectivity index (χ0n) is 9.87. The van der Waals surface area contributed by atoms with E-state index in [9.17, 15) is 13.6 Å². The number of esters is 1. The summed E-state index contributed by atoms with van der Waals surface area (Å²) in [7, 11) is 1.30. The van der Waals surface area contributed by atoms with Crippen molar-refractivity contribution in [2.24, 2.45) is 0 Å². The van der Waals surface area contributed by atoms with Crippen molar-refractivity contribution in [3.8, 4) is 5.88 Å². The number of hydrogen-bond donors (Lipinski definition) is 0. The summed E-state index contributed by atoms with van der Waals surface area (Å²) < 4.78 is 35.7. The fourth-order valence-electron chi connectivity index (χ4n) is 1.43. The van der Waals surface area contributed by atoms with Crippen molar-refractivity contribution in [3.63, 3.8) is 0 Å². The summed E-state index contributed by atoms with van der Waals surface area (Å²) in [5, 5.41) is 0. The summed E-state index contributed by atoms with van der Waals surface area (Å²) in [6.45, 7) is 1.83. The lowest BCUT2D eigenvalue weighted by molar-refractivity contribution is -0.142. The van der Waals surface area contributed by atoms with E-state index in [0.29, 0.717) is 0 Å². The molecule has 0 amide bonds. The quantitative estimate of drug-likeness (QED) is 0.617. The van der Waals surface area contributed by atoms with Gasteiger partial charge in [0.05, 0.1) is 20.1 Å². The number of pyridine rings is 1. The van der Waals surface area contributed by atoms with Crippen LogP contribution in [0.5, 0.6) is 5.88 Å². The Kier molecular flexibility index (Phi) is 5.46. The molecule has 1 rings (SSSR count). The molecule has 0 radical (unpaired) electrons. The molecule has 100 valence electrons. The Labute approximate surface area is 111 Å². The van der Waals surface area contributed by atoms with Crippen LogP contribution in [-0.2, 0) is 16.0 Å². The van der Waals surface area contributed by atoms with Crippen molar-refractivity contribution in [3.05, 3.63) is 21.8 Å². The van der Waals surface area contributed by atoms with Gasteiger partial charge >= 0.3 is 5.97 Å². The van der Waals surface area contributed by atoms with Crippen molar-refractivity contribution >= 4 is 21.9 Å². The summed E-state index contributed by atoms with van der Waals surface area (Å²) in [4.78, 5) is 15.3. The molecule has 0 aliphatic heterocycles. The minimum absolute atomic E-state index is 0.00673. The maximum absolute atomic E-state index is 12.9. The topological polar surface area (TPSA) is 48.4 Å². The molecule has 7 heteroatoms. The zero-order valence-corrected chi connectivity index (χ0v) is 11.5. The molecule has 0 bridgehead atoms. The number of ether oxygens (including phenoxy) is 2. The van der Waals surface area contributed by atoms with Crippen LogP contribution in [0.2, 0.25) is 0 Å². The van der Waals surface area contributed by atoms with Gasteiger partial charge in [-0.2, -0.15) is 0 Å². The molecule has 1 aromatic rings. The molecule has 0 unspecified atom stereocenters. The van der Waals surface area contributed by atoms with Crippen LogP contribution in [0.25, 0.3) is 0 Å². The highest BCUT2D eigenvalue weighted by Gasteiger charge is 2.22. The van der Waals surface area contributed by atoms with Gasteiger partial charge in [0.25, 0.3) is 6.43 Å². The smallest absolute Gasteiger partial charge is 0.310 e. The molecule has 0 atom stereocenters. The van der Waals surface area contributed by atoms with E-state index >= 15 is 0 Å². The summed E-state index contributed by atoms with van der Waals surface area (Å²) in [5.41, 5.74) is -0.240. The van der Waals surface area contributed by atoms with Gasteiger partial charge in [-0.25, -0.2) is 13.8 Å². The second-order valence-electron chi connectivity index (χ2n) is 3.30. The van der Waals surface area contributed by atoms with Crippen LogP contribution in [0.3, 0.4) is 0 Å². The number of methoxy groups -OCH3 is 1. The number of carbonyl (C=O) groups is 1. The average Bonchev–Trinajstić information content (AvgIpc) is 2.30. The van der Waals surface area contributed by atoms with E-state index in [2.05, 4.69) is 20.9 Å². The first-order chi connectivity index (χ1) is 8.49. The predicted octanol–water partition coefficient (Wildman–Crippen LogP) is 2.90. The first kappa shape index (κ1) is 14.8. The maximum Gasteiger partial charge on any atom is 0.310 e. The Morgan fingerprint density at radius 1 is 1.56 bits per heavy atom. The van der Waals surface area contributed by atoms with Crippen molar-refractivity contribution < 1.29 is 23.0 Å². The molecule has 0 fully saturated rings. The minimum Gasteiger partial charge on any atom is -0.481 e. The van der Waals surface area contributed by atoms with Crippen LogP contribution in [-0.4, -0.2) is 24.7 Å². The Morgan fingerprint density at radius 2 is 2.22 bits per heavy atom. The lowest BCUT2D eigenvalue weighted by atomic mass is 10.1. The number of hydrogen-bond acceptors (Lipinski definition) is 4. The van der Waals surface area contributed by atoms with Gasteiger partial charge < -0.3 is 9.47 Å². The highest BCUT2D eigenvalue weighted by Crippen LogP contribution is 2.31. The van der Waals surface area contributed by atoms with Gasteiger partial charge in [0.2, 0.25) is 5.88 Å². The molecule has 0 saturated heterocycles. The molecule has 0 aliphatic rings. The number of halogens is 3. The van der Waals surface area contributed by atoms with Gasteiger partial charge in [0.1, 0.15) is 4.60 Å². The Balaban J connectivity index is 3.16. The van der Waals surface area contributed by atoms with E-state index < -0.39 is 12.4 Å². The largest absolute Gasteiger partial charge is 0.481 e. The van der Waals surface area contributed by atoms with E-state index in [1.54, 1.807) is 6.92 Å². The predicted molar refractivity (Wildman–Crippen MR) is 63.8 cm³/mol. The van der Waals surface area contributed by atoms with Crippen LogP contribution >= 0.6 is 15.9 Å². The number of carbonyl (C=O) groups excluding carboxylic acids is 1. The molecule has 18 heavy (non-hydrogen) atoms. The third-order valence-electron chi connectivity index (χ3n) is 2.14. The molecule has 1 heterocycles. The molecular weight excluding hydrogens is 312 g/mol. The summed E-state index contributed by atoms with van der Waals surface area (Å²) >= 11 is 3.01. The molecule has 0 N–H and O–H groups in total. The lowest BCUT2D eigenvalue weighted by Crippen LogP contribution is -2.11. The summed E-state index contributed by atoms with van der Waals surface area (Å²) in [5.74, 6) is -0.602. The van der Waals surface area contributed by atoms with Gasteiger partial charge in [-0.1, -0.05) is 0 Å². The van der Waals surface area contributed by atoms with Crippen LogP contribution < -0.4 is 4.74 Å². The van der Waals surface area contributed by atoms with Gasteiger partial charge in [-0.3, -0.25) is 4.79 Å².